The Bertz CT molecular complexity index is 3300. The standard InChI is InChI=1S/C59H47N3/c1-59(2)52-25-14-22-47(56(52)51-37-44-17-9-10-18-45(44)38-53(51)59)40-32-34-42(35-33-40)54(61-58(60)43-15-5-3-6-16-43)36-29-39-27-30-41(31-28-39)48-23-13-24-50-49-21-11-12-26-55(49)62(57(48)50)46-19-7-4-8-20-46/h3-28,30-38,58,61H,29,60H2,1-2H3/b54-36-. The molecule has 9 aromatic carbocycles. The van der Waals surface area contributed by atoms with Crippen molar-refractivity contribution in [3.05, 3.63) is 240 Å². The largest absolute Gasteiger partial charge is 0.366 e. The van der Waals surface area contributed by atoms with Gasteiger partial charge in [-0.3, -0.25) is 0 Å². The monoisotopic (exact) mass is 797 g/mol. The Hall–Kier alpha value is -7.46. The predicted molar refractivity (Wildman–Crippen MR) is 261 cm³/mol. The van der Waals surface area contributed by atoms with E-state index in [2.05, 4.69) is 218 Å². The summed E-state index contributed by atoms with van der Waals surface area (Å²) in [7, 11) is 0. The van der Waals surface area contributed by atoms with Crippen molar-refractivity contribution in [2.24, 2.45) is 5.73 Å². The molecule has 1 atom stereocenters. The molecule has 0 aliphatic heterocycles. The minimum absolute atomic E-state index is 0.0915. The number of allylic oxidation sites excluding steroid dienone is 1. The van der Waals surface area contributed by atoms with Gasteiger partial charge in [0.1, 0.15) is 6.17 Å². The van der Waals surface area contributed by atoms with Crippen LogP contribution in [0.4, 0.5) is 0 Å². The van der Waals surface area contributed by atoms with Crippen LogP contribution in [0.1, 0.15) is 47.8 Å². The number of hydrogen-bond acceptors (Lipinski definition) is 2. The van der Waals surface area contributed by atoms with E-state index < -0.39 is 0 Å². The third kappa shape index (κ3) is 6.41. The lowest BCUT2D eigenvalue weighted by atomic mass is 9.81. The maximum absolute atomic E-state index is 6.85. The van der Waals surface area contributed by atoms with Gasteiger partial charge in [-0.15, -0.1) is 0 Å². The van der Waals surface area contributed by atoms with Crippen molar-refractivity contribution in [3.63, 3.8) is 0 Å². The molecule has 0 amide bonds. The average molecular weight is 798 g/mol. The third-order valence-electron chi connectivity index (χ3n) is 13.1. The molecular weight excluding hydrogens is 751 g/mol. The lowest BCUT2D eigenvalue weighted by Gasteiger charge is -2.22. The molecule has 298 valence electrons. The van der Waals surface area contributed by atoms with Crippen molar-refractivity contribution in [3.8, 4) is 39.1 Å². The lowest BCUT2D eigenvalue weighted by molar-refractivity contribution is 0.661. The highest BCUT2D eigenvalue weighted by atomic mass is 15.0. The first-order chi connectivity index (χ1) is 30.4. The van der Waals surface area contributed by atoms with Crippen LogP contribution in [0.3, 0.4) is 0 Å². The molecule has 0 saturated carbocycles. The zero-order valence-corrected chi connectivity index (χ0v) is 35.0. The van der Waals surface area contributed by atoms with Crippen LogP contribution >= 0.6 is 0 Å². The summed E-state index contributed by atoms with van der Waals surface area (Å²) in [5.41, 5.74) is 25.0. The molecule has 0 fully saturated rings. The fourth-order valence-corrected chi connectivity index (χ4v) is 9.85. The highest BCUT2D eigenvalue weighted by Gasteiger charge is 2.37. The van der Waals surface area contributed by atoms with Gasteiger partial charge in [-0.05, 0) is 103 Å². The fourth-order valence-electron chi connectivity index (χ4n) is 9.85. The molecular formula is C59H47N3. The van der Waals surface area contributed by atoms with E-state index in [1.165, 1.54) is 82.6 Å². The fraction of sp³-hybridized carbons (Fsp3) is 0.0847. The number of para-hydroxylation sites is 3. The van der Waals surface area contributed by atoms with E-state index in [9.17, 15) is 0 Å². The van der Waals surface area contributed by atoms with Crippen molar-refractivity contribution in [1.82, 2.24) is 9.88 Å². The maximum atomic E-state index is 6.85. The maximum Gasteiger partial charge on any atom is 0.101 e. The van der Waals surface area contributed by atoms with Crippen molar-refractivity contribution < 1.29 is 0 Å². The predicted octanol–water partition coefficient (Wildman–Crippen LogP) is 14.4. The molecule has 1 aromatic heterocycles. The summed E-state index contributed by atoms with van der Waals surface area (Å²) in [4.78, 5) is 0. The Morgan fingerprint density at radius 3 is 1.95 bits per heavy atom. The molecule has 10 aromatic rings. The second-order valence-corrected chi connectivity index (χ2v) is 17.1. The number of rotatable bonds is 9. The summed E-state index contributed by atoms with van der Waals surface area (Å²) in [5, 5.41) is 8.76. The number of benzene rings is 9. The normalized spacial score (nSPS) is 13.6. The third-order valence-corrected chi connectivity index (χ3v) is 13.1. The second kappa shape index (κ2) is 15.2. The van der Waals surface area contributed by atoms with Crippen molar-refractivity contribution >= 4 is 38.3 Å². The minimum atomic E-state index is -0.368. The van der Waals surface area contributed by atoms with Crippen LogP contribution in [-0.4, -0.2) is 4.57 Å². The van der Waals surface area contributed by atoms with Gasteiger partial charge in [0.2, 0.25) is 0 Å². The zero-order chi connectivity index (χ0) is 41.8. The number of hydrogen-bond donors (Lipinski definition) is 2. The summed E-state index contributed by atoms with van der Waals surface area (Å²) in [6.45, 7) is 4.72. The summed E-state index contributed by atoms with van der Waals surface area (Å²) in [6.07, 6.45) is 2.66. The molecule has 0 spiro atoms. The van der Waals surface area contributed by atoms with Gasteiger partial charge in [0.05, 0.1) is 11.0 Å². The molecule has 0 radical (unpaired) electrons. The topological polar surface area (TPSA) is 43.0 Å². The molecule has 3 N–H and O–H groups in total. The Kier molecular flexibility index (Phi) is 9.21. The van der Waals surface area contributed by atoms with Crippen LogP contribution in [-0.2, 0) is 11.8 Å². The molecule has 3 heteroatoms. The molecule has 1 heterocycles. The van der Waals surface area contributed by atoms with Crippen LogP contribution in [0.2, 0.25) is 0 Å². The van der Waals surface area contributed by atoms with E-state index >= 15 is 0 Å². The summed E-state index contributed by atoms with van der Waals surface area (Å²) >= 11 is 0. The highest BCUT2D eigenvalue weighted by molar-refractivity contribution is 6.13. The first-order valence-electron chi connectivity index (χ1n) is 21.6. The molecule has 3 nitrogen and oxygen atoms in total. The van der Waals surface area contributed by atoms with E-state index in [-0.39, 0.29) is 11.6 Å². The molecule has 0 saturated heterocycles. The molecule has 1 aliphatic carbocycles. The van der Waals surface area contributed by atoms with E-state index in [0.717, 1.165) is 28.9 Å². The van der Waals surface area contributed by atoms with Crippen LogP contribution in [0.25, 0.3) is 77.3 Å². The molecule has 1 aliphatic rings. The number of aromatic nitrogens is 1. The number of nitrogens with one attached hydrogen (secondary N) is 1. The first kappa shape index (κ1) is 37.5. The van der Waals surface area contributed by atoms with Gasteiger partial charge in [0.15, 0.2) is 0 Å². The van der Waals surface area contributed by atoms with Gasteiger partial charge >= 0.3 is 0 Å². The van der Waals surface area contributed by atoms with Crippen molar-refractivity contribution in [2.45, 2.75) is 31.8 Å². The lowest BCUT2D eigenvalue weighted by Crippen LogP contribution is -2.27. The van der Waals surface area contributed by atoms with Gasteiger partial charge in [0.25, 0.3) is 0 Å². The van der Waals surface area contributed by atoms with Crippen LogP contribution in [0, 0.1) is 0 Å². The summed E-state index contributed by atoms with van der Waals surface area (Å²) in [6, 6.07) is 74.7. The zero-order valence-electron chi connectivity index (χ0n) is 35.0. The SMILES string of the molecule is CC1(C)c2cc3ccccc3cc2-c2c(-c3ccc(/C(=C/Cc4ccc(-c5cccc6c7ccccc7n(-c7ccccc7)c56)cc4)NC(N)c4ccccc4)cc3)cccc21. The van der Waals surface area contributed by atoms with Gasteiger partial charge in [-0.25, -0.2) is 0 Å². The Morgan fingerprint density at radius 2 is 1.18 bits per heavy atom. The number of nitrogens with two attached hydrogens (primary N) is 1. The van der Waals surface area contributed by atoms with E-state index in [1.807, 2.05) is 18.2 Å². The molecule has 1 unspecified atom stereocenters. The highest BCUT2D eigenvalue weighted by Crippen LogP contribution is 2.53. The molecule has 11 rings (SSSR count). The molecule has 62 heavy (non-hydrogen) atoms. The minimum Gasteiger partial charge on any atom is -0.366 e. The van der Waals surface area contributed by atoms with Crippen molar-refractivity contribution in [1.29, 1.82) is 0 Å². The quantitative estimate of drug-likeness (QED) is 0.143. The average Bonchev–Trinajstić information content (AvgIpc) is 3.78. The number of nitrogens with zero attached hydrogens (tertiary/aromatic N) is 1. The first-order valence-corrected chi connectivity index (χ1v) is 21.6. The van der Waals surface area contributed by atoms with Crippen LogP contribution in [0.15, 0.2) is 212 Å². The smallest absolute Gasteiger partial charge is 0.101 e. The van der Waals surface area contributed by atoms with Gasteiger partial charge in [0, 0.05) is 33.1 Å². The van der Waals surface area contributed by atoms with Gasteiger partial charge in [-0.2, -0.15) is 0 Å². The van der Waals surface area contributed by atoms with E-state index in [1.54, 1.807) is 0 Å². The van der Waals surface area contributed by atoms with E-state index in [0.29, 0.717) is 0 Å². The van der Waals surface area contributed by atoms with Gasteiger partial charge in [-0.1, -0.05) is 196 Å². The van der Waals surface area contributed by atoms with Gasteiger partial charge < -0.3 is 15.6 Å². The summed E-state index contributed by atoms with van der Waals surface area (Å²) < 4.78 is 2.41. The summed E-state index contributed by atoms with van der Waals surface area (Å²) in [5.74, 6) is 0. The number of fused-ring (bicyclic) bond motifs is 7. The Labute approximate surface area is 363 Å². The Balaban J connectivity index is 0.936. The van der Waals surface area contributed by atoms with E-state index in [4.69, 9.17) is 5.73 Å². The molecule has 0 bridgehead atoms. The van der Waals surface area contributed by atoms with Crippen molar-refractivity contribution in [2.75, 3.05) is 0 Å². The second-order valence-electron chi connectivity index (χ2n) is 17.1. The Morgan fingerprint density at radius 1 is 0.565 bits per heavy atom. The van der Waals surface area contributed by atoms with Crippen LogP contribution < -0.4 is 11.1 Å². The van der Waals surface area contributed by atoms with Crippen LogP contribution in [0.5, 0.6) is 0 Å².